The number of hydrogen-bond acceptors (Lipinski definition) is 2. The van der Waals surface area contributed by atoms with Gasteiger partial charge < -0.3 is 9.84 Å². The van der Waals surface area contributed by atoms with E-state index in [2.05, 4.69) is 4.74 Å². The zero-order valence-electron chi connectivity index (χ0n) is 7.87. The summed E-state index contributed by atoms with van der Waals surface area (Å²) in [7, 11) is 0. The largest absolute Gasteiger partial charge is 0.411 e. The van der Waals surface area contributed by atoms with E-state index in [1.165, 1.54) is 0 Å². The Morgan fingerprint density at radius 3 is 2.27 bits per heavy atom. The van der Waals surface area contributed by atoms with Gasteiger partial charge in [-0.2, -0.15) is 13.2 Å². The van der Waals surface area contributed by atoms with Crippen LogP contribution in [0.3, 0.4) is 0 Å². The summed E-state index contributed by atoms with van der Waals surface area (Å²) in [6.07, 6.45) is -5.30. The molecule has 1 atom stereocenters. The molecule has 0 fully saturated rings. The van der Waals surface area contributed by atoms with Gasteiger partial charge in [-0.1, -0.05) is 30.3 Å². The molecule has 0 saturated carbocycles. The molecule has 15 heavy (non-hydrogen) atoms. The van der Waals surface area contributed by atoms with Crippen molar-refractivity contribution in [2.45, 2.75) is 12.3 Å². The second-order valence-corrected chi connectivity index (χ2v) is 3.01. The Morgan fingerprint density at radius 1 is 1.20 bits per heavy atom. The minimum absolute atomic E-state index is 0.472. The molecule has 1 aromatic rings. The van der Waals surface area contributed by atoms with Crippen LogP contribution in [0.2, 0.25) is 0 Å². The highest BCUT2D eigenvalue weighted by Crippen LogP contribution is 2.21. The first-order chi connectivity index (χ1) is 7.03. The number of ether oxygens (including phenoxy) is 1. The summed E-state index contributed by atoms with van der Waals surface area (Å²) in [5.74, 6) is 0. The van der Waals surface area contributed by atoms with Crippen molar-refractivity contribution in [2.24, 2.45) is 0 Å². The van der Waals surface area contributed by atoms with Gasteiger partial charge in [0, 0.05) is 0 Å². The topological polar surface area (TPSA) is 29.5 Å². The van der Waals surface area contributed by atoms with E-state index in [0.29, 0.717) is 5.56 Å². The van der Waals surface area contributed by atoms with Gasteiger partial charge in [0.15, 0.2) is 0 Å². The number of aliphatic hydroxyl groups excluding tert-OH is 1. The molecular formula is C10H11F3O2. The van der Waals surface area contributed by atoms with Gasteiger partial charge >= 0.3 is 6.18 Å². The van der Waals surface area contributed by atoms with Crippen LogP contribution >= 0.6 is 0 Å². The molecule has 84 valence electrons. The molecule has 0 saturated heterocycles. The lowest BCUT2D eigenvalue weighted by Gasteiger charge is -2.16. The first kappa shape index (κ1) is 12.0. The van der Waals surface area contributed by atoms with Crippen molar-refractivity contribution in [1.29, 1.82) is 0 Å². The van der Waals surface area contributed by atoms with Gasteiger partial charge in [-0.25, -0.2) is 0 Å². The fourth-order valence-electron chi connectivity index (χ4n) is 1.12. The van der Waals surface area contributed by atoms with Gasteiger partial charge in [-0.15, -0.1) is 0 Å². The summed E-state index contributed by atoms with van der Waals surface area (Å²) in [4.78, 5) is 0. The van der Waals surface area contributed by atoms with Crippen LogP contribution < -0.4 is 0 Å². The van der Waals surface area contributed by atoms with E-state index >= 15 is 0 Å². The second-order valence-electron chi connectivity index (χ2n) is 3.01. The molecule has 0 unspecified atom stereocenters. The van der Waals surface area contributed by atoms with Crippen LogP contribution in [0, 0.1) is 0 Å². The Balaban J connectivity index is 2.58. The summed E-state index contributed by atoms with van der Waals surface area (Å²) < 4.78 is 40.2. The van der Waals surface area contributed by atoms with E-state index in [-0.39, 0.29) is 0 Å². The van der Waals surface area contributed by atoms with Gasteiger partial charge in [-0.05, 0) is 5.56 Å². The van der Waals surface area contributed by atoms with Gasteiger partial charge in [0.2, 0.25) is 0 Å². The third kappa shape index (κ3) is 4.31. The summed E-state index contributed by atoms with van der Waals surface area (Å²) in [5.41, 5.74) is 0.532. The Morgan fingerprint density at radius 2 is 1.80 bits per heavy atom. The fourth-order valence-corrected chi connectivity index (χ4v) is 1.12. The maximum Gasteiger partial charge on any atom is 0.411 e. The molecular weight excluding hydrogens is 209 g/mol. The normalized spacial score (nSPS) is 13.9. The predicted octanol–water partition coefficient (Wildman–Crippen LogP) is 2.30. The summed E-state index contributed by atoms with van der Waals surface area (Å²) in [6.45, 7) is -1.83. The summed E-state index contributed by atoms with van der Waals surface area (Å²) >= 11 is 0. The second kappa shape index (κ2) is 5.14. The molecule has 0 radical (unpaired) electrons. The zero-order chi connectivity index (χ0) is 11.3. The quantitative estimate of drug-likeness (QED) is 0.843. The number of benzene rings is 1. The van der Waals surface area contributed by atoms with Gasteiger partial charge in [0.1, 0.15) is 12.7 Å². The number of hydrogen-bond donors (Lipinski definition) is 1. The Hall–Kier alpha value is -1.07. The summed E-state index contributed by atoms with van der Waals surface area (Å²) in [6, 6.07) is 8.31. The van der Waals surface area contributed by atoms with Crippen LogP contribution in [0.15, 0.2) is 30.3 Å². The fraction of sp³-hybridized carbons (Fsp3) is 0.400. The molecule has 1 rings (SSSR count). The van der Waals surface area contributed by atoms with E-state index in [0.717, 1.165) is 0 Å². The molecule has 0 spiro atoms. The molecule has 1 aromatic carbocycles. The van der Waals surface area contributed by atoms with Crippen LogP contribution in [0.1, 0.15) is 11.7 Å². The van der Waals surface area contributed by atoms with Crippen LogP contribution in [0.4, 0.5) is 13.2 Å². The molecule has 0 amide bonds. The predicted molar refractivity (Wildman–Crippen MR) is 48.3 cm³/mol. The molecule has 1 N–H and O–H groups in total. The van der Waals surface area contributed by atoms with Gasteiger partial charge in [-0.3, -0.25) is 0 Å². The number of aliphatic hydroxyl groups is 1. The lowest BCUT2D eigenvalue weighted by Crippen LogP contribution is -2.21. The highest BCUT2D eigenvalue weighted by atomic mass is 19.4. The Kier molecular flexibility index (Phi) is 4.11. The lowest BCUT2D eigenvalue weighted by atomic mass is 10.1. The van der Waals surface area contributed by atoms with Crippen molar-refractivity contribution in [3.8, 4) is 0 Å². The molecule has 2 nitrogen and oxygen atoms in total. The van der Waals surface area contributed by atoms with Gasteiger partial charge in [0.05, 0.1) is 6.61 Å². The molecule has 0 bridgehead atoms. The van der Waals surface area contributed by atoms with E-state index in [1.807, 2.05) is 0 Å². The van der Waals surface area contributed by atoms with Crippen molar-refractivity contribution < 1.29 is 23.0 Å². The maximum absolute atomic E-state index is 11.9. The van der Waals surface area contributed by atoms with Crippen molar-refractivity contribution in [3.63, 3.8) is 0 Å². The average molecular weight is 220 g/mol. The van der Waals surface area contributed by atoms with Crippen molar-refractivity contribution >= 4 is 0 Å². The van der Waals surface area contributed by atoms with Crippen LogP contribution in [0.25, 0.3) is 0 Å². The van der Waals surface area contributed by atoms with Crippen molar-refractivity contribution in [1.82, 2.24) is 0 Å². The monoisotopic (exact) mass is 220 g/mol. The first-order valence-corrected chi connectivity index (χ1v) is 4.37. The standard InChI is InChI=1S/C10H11F3O2/c11-10(12,13)7-15-9(6-14)8-4-2-1-3-5-8/h1-5,9,14H,6-7H2/t9-/m1/s1. The number of halogens is 3. The first-order valence-electron chi connectivity index (χ1n) is 4.37. The highest BCUT2D eigenvalue weighted by Gasteiger charge is 2.29. The van der Waals surface area contributed by atoms with Crippen molar-refractivity contribution in [3.05, 3.63) is 35.9 Å². The van der Waals surface area contributed by atoms with Crippen molar-refractivity contribution in [2.75, 3.05) is 13.2 Å². The maximum atomic E-state index is 11.9. The Labute approximate surface area is 85.3 Å². The SMILES string of the molecule is OC[C@@H](OCC(F)(F)F)c1ccccc1. The smallest absolute Gasteiger partial charge is 0.393 e. The minimum atomic E-state index is -4.37. The molecule has 5 heteroatoms. The molecule has 0 aliphatic heterocycles. The average Bonchev–Trinajstić information content (AvgIpc) is 2.19. The van der Waals surface area contributed by atoms with Crippen LogP contribution in [-0.4, -0.2) is 24.5 Å². The van der Waals surface area contributed by atoms with Crippen LogP contribution in [0.5, 0.6) is 0 Å². The molecule has 0 aliphatic carbocycles. The molecule has 0 aliphatic rings. The van der Waals surface area contributed by atoms with Crippen LogP contribution in [-0.2, 0) is 4.74 Å². The number of rotatable bonds is 4. The van der Waals surface area contributed by atoms with E-state index in [4.69, 9.17) is 5.11 Å². The number of alkyl halides is 3. The van der Waals surface area contributed by atoms with Gasteiger partial charge in [0.25, 0.3) is 0 Å². The third-order valence-corrected chi connectivity index (χ3v) is 1.79. The zero-order valence-corrected chi connectivity index (χ0v) is 7.87. The van der Waals surface area contributed by atoms with E-state index in [9.17, 15) is 13.2 Å². The Bertz CT molecular complexity index is 284. The third-order valence-electron chi connectivity index (χ3n) is 1.79. The minimum Gasteiger partial charge on any atom is -0.393 e. The molecule has 0 aromatic heterocycles. The van der Waals surface area contributed by atoms with E-state index in [1.54, 1.807) is 30.3 Å². The molecule has 0 heterocycles. The summed E-state index contributed by atoms with van der Waals surface area (Å²) in [5, 5.41) is 8.88. The highest BCUT2D eigenvalue weighted by molar-refractivity contribution is 5.17. The lowest BCUT2D eigenvalue weighted by molar-refractivity contribution is -0.189. The van der Waals surface area contributed by atoms with E-state index < -0.39 is 25.5 Å².